The third-order valence-electron chi connectivity index (χ3n) is 0.361. The van der Waals surface area contributed by atoms with Crippen LogP contribution in [-0.4, -0.2) is 5.10 Å². The molecule has 1 heterocycles. The van der Waals surface area contributed by atoms with E-state index in [1.165, 1.54) is 6.20 Å². The first-order valence-corrected chi connectivity index (χ1v) is 1.38. The van der Waals surface area contributed by atoms with Gasteiger partial charge in [0.2, 0.25) is 5.55 Å². The summed E-state index contributed by atoms with van der Waals surface area (Å²) in [4.78, 5) is 0. The van der Waals surface area contributed by atoms with E-state index in [1.54, 1.807) is 0 Å². The van der Waals surface area contributed by atoms with E-state index < -0.39 is 0 Å². The third-order valence-corrected chi connectivity index (χ3v) is 0.361. The van der Waals surface area contributed by atoms with Crippen molar-refractivity contribution in [3.8, 4) is 0 Å². The fourth-order valence-corrected chi connectivity index (χ4v) is 0.167. The zero-order valence-electron chi connectivity index (χ0n) is 3.88. The van der Waals surface area contributed by atoms with Crippen molar-refractivity contribution in [3.63, 3.8) is 0 Å². The van der Waals surface area contributed by atoms with E-state index in [0.29, 0.717) is 0 Å². The molecule has 0 saturated carbocycles. The second kappa shape index (κ2) is 2.67. The van der Waals surface area contributed by atoms with Crippen LogP contribution in [0.1, 0.15) is 0 Å². The SMILES string of the molecule is N=c1cn[n-]o1.[Li+]. The molecule has 1 aromatic heterocycles. The van der Waals surface area contributed by atoms with Crippen LogP contribution in [-0.2, 0) is 0 Å². The number of rotatable bonds is 0. The van der Waals surface area contributed by atoms with E-state index in [-0.39, 0.29) is 24.4 Å². The van der Waals surface area contributed by atoms with Crippen molar-refractivity contribution in [3.05, 3.63) is 11.8 Å². The van der Waals surface area contributed by atoms with Gasteiger partial charge in [-0.15, -0.1) is 0 Å². The van der Waals surface area contributed by atoms with Crippen LogP contribution >= 0.6 is 0 Å². The Balaban J connectivity index is 0.000000360. The second-order valence-corrected chi connectivity index (χ2v) is 0.782. The summed E-state index contributed by atoms with van der Waals surface area (Å²) in [6.45, 7) is 0. The maximum absolute atomic E-state index is 6.58. The first kappa shape index (κ1) is 6.54. The van der Waals surface area contributed by atoms with Crippen molar-refractivity contribution >= 4 is 0 Å². The van der Waals surface area contributed by atoms with Gasteiger partial charge in [0.05, 0.1) is 6.20 Å². The Labute approximate surface area is 51.6 Å². The predicted molar refractivity (Wildman–Crippen MR) is 15.7 cm³/mol. The van der Waals surface area contributed by atoms with Gasteiger partial charge in [-0.05, 0) is 0 Å². The van der Waals surface area contributed by atoms with Gasteiger partial charge in [0.1, 0.15) is 0 Å². The smallest absolute Gasteiger partial charge is 0.528 e. The quantitative estimate of drug-likeness (QED) is 0.332. The molecule has 0 unspecified atom stereocenters. The molecule has 5 heteroatoms. The van der Waals surface area contributed by atoms with Gasteiger partial charge in [-0.1, -0.05) is 0 Å². The average Bonchev–Trinajstić information content (AvgIpc) is 1.86. The minimum absolute atomic E-state index is 0. The van der Waals surface area contributed by atoms with Crippen molar-refractivity contribution in [2.75, 3.05) is 0 Å². The summed E-state index contributed by atoms with van der Waals surface area (Å²) in [5.74, 6) is 0. The summed E-state index contributed by atoms with van der Waals surface area (Å²) in [7, 11) is 0. The molecular formula is C2H2LiN3O. The first-order valence-electron chi connectivity index (χ1n) is 1.38. The van der Waals surface area contributed by atoms with E-state index in [1.807, 2.05) is 0 Å². The zero-order chi connectivity index (χ0) is 4.41. The van der Waals surface area contributed by atoms with Gasteiger partial charge in [0.25, 0.3) is 0 Å². The molecule has 0 spiro atoms. The van der Waals surface area contributed by atoms with Gasteiger partial charge in [-0.25, -0.2) is 0 Å². The summed E-state index contributed by atoms with van der Waals surface area (Å²) in [6, 6.07) is 0. The molecule has 1 N–H and O–H groups in total. The van der Waals surface area contributed by atoms with Crippen molar-refractivity contribution in [2.45, 2.75) is 0 Å². The van der Waals surface area contributed by atoms with Crippen LogP contribution in [0.2, 0.25) is 0 Å². The maximum atomic E-state index is 6.58. The largest absolute Gasteiger partial charge is 1.00 e. The Morgan fingerprint density at radius 3 is 2.71 bits per heavy atom. The number of nitrogens with one attached hydrogen (secondary N) is 1. The Hall–Kier alpha value is -0.463. The summed E-state index contributed by atoms with van der Waals surface area (Å²) >= 11 is 0. The molecule has 1 rings (SSSR count). The van der Waals surface area contributed by atoms with Crippen LogP contribution < -0.4 is 29.7 Å². The van der Waals surface area contributed by atoms with E-state index in [2.05, 4.69) is 14.9 Å². The van der Waals surface area contributed by atoms with Crippen LogP contribution in [0.5, 0.6) is 0 Å². The minimum Gasteiger partial charge on any atom is -0.528 e. The summed E-state index contributed by atoms with van der Waals surface area (Å²) in [5.41, 5.74) is -0.00463. The van der Waals surface area contributed by atoms with Crippen LogP contribution in [0.15, 0.2) is 10.7 Å². The fourth-order valence-electron chi connectivity index (χ4n) is 0.167. The zero-order valence-corrected chi connectivity index (χ0v) is 3.88. The van der Waals surface area contributed by atoms with Gasteiger partial charge < -0.3 is 14.9 Å². The Bertz CT molecular complexity index is 151. The number of hydrogen-bond acceptors (Lipinski definition) is 3. The van der Waals surface area contributed by atoms with E-state index in [4.69, 9.17) is 5.41 Å². The van der Waals surface area contributed by atoms with Crippen LogP contribution in [0.4, 0.5) is 0 Å². The third kappa shape index (κ3) is 1.62. The van der Waals surface area contributed by atoms with Gasteiger partial charge in [-0.2, -0.15) is 0 Å². The Morgan fingerprint density at radius 2 is 2.57 bits per heavy atom. The fraction of sp³-hybridized carbons (Fsp3) is 0. The Morgan fingerprint density at radius 1 is 1.86 bits per heavy atom. The van der Waals surface area contributed by atoms with Gasteiger partial charge in [0, 0.05) is 0 Å². The second-order valence-electron chi connectivity index (χ2n) is 0.782. The molecule has 0 aliphatic rings. The summed E-state index contributed by atoms with van der Waals surface area (Å²) in [6.07, 6.45) is 1.22. The molecule has 0 aromatic carbocycles. The molecule has 1 aromatic rings. The van der Waals surface area contributed by atoms with E-state index >= 15 is 0 Å². The Kier molecular flexibility index (Phi) is 2.49. The minimum atomic E-state index is -0.00463. The van der Waals surface area contributed by atoms with Crippen LogP contribution in [0, 0.1) is 5.41 Å². The normalized spacial score (nSPS) is 7.43. The van der Waals surface area contributed by atoms with Crippen LogP contribution in [0.3, 0.4) is 0 Å². The predicted octanol–water partition coefficient (Wildman–Crippen LogP) is -3.88. The molecule has 0 bridgehead atoms. The van der Waals surface area contributed by atoms with Crippen molar-refractivity contribution in [2.24, 2.45) is 0 Å². The monoisotopic (exact) mass is 91.0 g/mol. The molecule has 32 valence electrons. The molecule has 0 atom stereocenters. The van der Waals surface area contributed by atoms with E-state index in [9.17, 15) is 0 Å². The number of nitrogens with zero attached hydrogens (tertiary/aromatic N) is 2. The molecule has 4 nitrogen and oxygen atoms in total. The van der Waals surface area contributed by atoms with Crippen LogP contribution in [0.25, 0.3) is 0 Å². The number of hydrogen-bond donors (Lipinski definition) is 1. The topological polar surface area (TPSA) is 64.0 Å². The molecule has 0 fully saturated rings. The molecule has 0 amide bonds. The average molecular weight is 91.0 g/mol. The van der Waals surface area contributed by atoms with Crippen molar-refractivity contribution < 1.29 is 23.4 Å². The molecule has 0 aliphatic carbocycles. The van der Waals surface area contributed by atoms with Crippen molar-refractivity contribution in [1.82, 2.24) is 10.4 Å². The van der Waals surface area contributed by atoms with E-state index in [0.717, 1.165) is 0 Å². The van der Waals surface area contributed by atoms with Gasteiger partial charge in [0.15, 0.2) is 0 Å². The number of aromatic nitrogens is 2. The molecule has 7 heavy (non-hydrogen) atoms. The summed E-state index contributed by atoms with van der Waals surface area (Å²) < 4.78 is 4.14. The molecule has 0 radical (unpaired) electrons. The molecule has 0 saturated heterocycles. The summed E-state index contributed by atoms with van der Waals surface area (Å²) in [5, 5.41) is 12.8. The first-order chi connectivity index (χ1) is 2.89. The molecule has 0 aliphatic heterocycles. The van der Waals surface area contributed by atoms with Crippen molar-refractivity contribution in [1.29, 1.82) is 5.41 Å². The maximum Gasteiger partial charge on any atom is 1.00 e. The standard InChI is InChI=1S/C2H2N3O.Li/c3-2-1-4-5-6-2;/h1,3H;/q-1;+1. The van der Waals surface area contributed by atoms with Gasteiger partial charge >= 0.3 is 18.9 Å². The molecular weight excluding hydrogens is 89.0 g/mol. The van der Waals surface area contributed by atoms with Gasteiger partial charge in [-0.3, -0.25) is 5.41 Å².